The standard InChI is InChI=1S/C14H19NO3S/c16-11-15-13(14(17)18)10-19-9-5-4-8-12-6-2-1-3-7-12/h1-3,6-7,11,13H,4-5,8-10H2,(H,15,16)(H,17,18). The Bertz CT molecular complexity index is 384. The molecule has 0 heterocycles. The predicted octanol–water partition coefficient (Wildman–Crippen LogP) is 1.94. The average Bonchev–Trinajstić information content (AvgIpc) is 2.42. The molecule has 0 saturated heterocycles. The van der Waals surface area contributed by atoms with Gasteiger partial charge in [-0.15, -0.1) is 0 Å². The number of hydrogen-bond acceptors (Lipinski definition) is 3. The lowest BCUT2D eigenvalue weighted by Gasteiger charge is -2.10. The van der Waals surface area contributed by atoms with Crippen molar-refractivity contribution in [1.82, 2.24) is 5.32 Å². The van der Waals surface area contributed by atoms with Gasteiger partial charge in [0.2, 0.25) is 6.41 Å². The van der Waals surface area contributed by atoms with E-state index in [2.05, 4.69) is 17.4 Å². The summed E-state index contributed by atoms with van der Waals surface area (Å²) in [5, 5.41) is 11.1. The van der Waals surface area contributed by atoms with E-state index in [1.165, 1.54) is 5.56 Å². The van der Waals surface area contributed by atoms with Crippen LogP contribution in [-0.2, 0) is 16.0 Å². The number of thioether (sulfide) groups is 1. The van der Waals surface area contributed by atoms with E-state index in [0.717, 1.165) is 25.0 Å². The first kappa shape index (κ1) is 15.6. The number of carboxylic acids is 1. The summed E-state index contributed by atoms with van der Waals surface area (Å²) in [7, 11) is 0. The van der Waals surface area contributed by atoms with E-state index in [9.17, 15) is 9.59 Å². The third-order valence-corrected chi connectivity index (χ3v) is 3.85. The second kappa shape index (κ2) is 9.44. The van der Waals surface area contributed by atoms with Crippen LogP contribution < -0.4 is 5.32 Å². The molecule has 104 valence electrons. The highest BCUT2D eigenvalue weighted by molar-refractivity contribution is 7.99. The van der Waals surface area contributed by atoms with Gasteiger partial charge in [-0.25, -0.2) is 4.79 Å². The van der Waals surface area contributed by atoms with E-state index in [0.29, 0.717) is 12.2 Å². The highest BCUT2D eigenvalue weighted by Crippen LogP contribution is 2.10. The van der Waals surface area contributed by atoms with Crippen molar-refractivity contribution in [3.8, 4) is 0 Å². The monoisotopic (exact) mass is 281 g/mol. The quantitative estimate of drug-likeness (QED) is 0.508. The van der Waals surface area contributed by atoms with E-state index in [-0.39, 0.29) is 0 Å². The maximum Gasteiger partial charge on any atom is 0.327 e. The first-order valence-electron chi connectivity index (χ1n) is 6.28. The fourth-order valence-electron chi connectivity index (χ4n) is 1.65. The van der Waals surface area contributed by atoms with E-state index < -0.39 is 12.0 Å². The van der Waals surface area contributed by atoms with Crippen molar-refractivity contribution >= 4 is 24.1 Å². The molecule has 0 aliphatic carbocycles. The maximum atomic E-state index is 10.8. The number of carbonyl (C=O) groups excluding carboxylic acids is 1. The first-order valence-corrected chi connectivity index (χ1v) is 7.43. The Balaban J connectivity index is 2.07. The van der Waals surface area contributed by atoms with Crippen LogP contribution in [0.1, 0.15) is 18.4 Å². The molecule has 19 heavy (non-hydrogen) atoms. The molecular weight excluding hydrogens is 262 g/mol. The highest BCUT2D eigenvalue weighted by atomic mass is 32.2. The topological polar surface area (TPSA) is 66.4 Å². The molecule has 0 bridgehead atoms. The van der Waals surface area contributed by atoms with Gasteiger partial charge in [0.05, 0.1) is 0 Å². The largest absolute Gasteiger partial charge is 0.480 e. The van der Waals surface area contributed by atoms with Gasteiger partial charge in [0, 0.05) is 5.75 Å². The molecule has 2 N–H and O–H groups in total. The van der Waals surface area contributed by atoms with Gasteiger partial charge in [-0.3, -0.25) is 4.79 Å². The lowest BCUT2D eigenvalue weighted by atomic mass is 10.1. The van der Waals surface area contributed by atoms with Crippen molar-refractivity contribution < 1.29 is 14.7 Å². The molecular formula is C14H19NO3S. The number of benzene rings is 1. The molecule has 5 heteroatoms. The summed E-state index contributed by atoms with van der Waals surface area (Å²) in [5.41, 5.74) is 1.33. The van der Waals surface area contributed by atoms with Crippen LogP contribution >= 0.6 is 11.8 Å². The molecule has 0 spiro atoms. The molecule has 0 aromatic heterocycles. The predicted molar refractivity (Wildman–Crippen MR) is 77.3 cm³/mol. The lowest BCUT2D eigenvalue weighted by Crippen LogP contribution is -2.37. The third kappa shape index (κ3) is 6.86. The zero-order valence-corrected chi connectivity index (χ0v) is 11.6. The van der Waals surface area contributed by atoms with Gasteiger partial charge in [0.25, 0.3) is 0 Å². The normalized spacial score (nSPS) is 11.8. The van der Waals surface area contributed by atoms with Gasteiger partial charge in [0.1, 0.15) is 6.04 Å². The van der Waals surface area contributed by atoms with Crippen LogP contribution in [0.25, 0.3) is 0 Å². The maximum absolute atomic E-state index is 10.8. The van der Waals surface area contributed by atoms with Crippen molar-refractivity contribution in [2.75, 3.05) is 11.5 Å². The molecule has 1 rings (SSSR count). The Morgan fingerprint density at radius 3 is 2.68 bits per heavy atom. The number of amides is 1. The van der Waals surface area contributed by atoms with Crippen molar-refractivity contribution in [2.24, 2.45) is 0 Å². The molecule has 0 saturated carbocycles. The second-order valence-electron chi connectivity index (χ2n) is 4.19. The summed E-state index contributed by atoms with van der Waals surface area (Å²) in [6.45, 7) is 0. The van der Waals surface area contributed by atoms with Gasteiger partial charge in [-0.05, 0) is 30.6 Å². The smallest absolute Gasteiger partial charge is 0.327 e. The van der Waals surface area contributed by atoms with Crippen LogP contribution in [0.2, 0.25) is 0 Å². The number of carboxylic acid groups (broad SMARTS) is 1. The summed E-state index contributed by atoms with van der Waals surface area (Å²) in [4.78, 5) is 21.0. The lowest BCUT2D eigenvalue weighted by molar-refractivity contribution is -0.139. The average molecular weight is 281 g/mol. The van der Waals surface area contributed by atoms with Crippen LogP contribution in [0.5, 0.6) is 0 Å². The molecule has 0 aliphatic rings. The highest BCUT2D eigenvalue weighted by Gasteiger charge is 2.15. The number of hydrogen-bond donors (Lipinski definition) is 2. The van der Waals surface area contributed by atoms with Crippen LogP contribution in [-0.4, -0.2) is 35.0 Å². The van der Waals surface area contributed by atoms with E-state index >= 15 is 0 Å². The molecule has 0 aliphatic heterocycles. The fourth-order valence-corrected chi connectivity index (χ4v) is 2.70. The van der Waals surface area contributed by atoms with E-state index in [1.54, 1.807) is 11.8 Å². The van der Waals surface area contributed by atoms with Gasteiger partial charge >= 0.3 is 5.97 Å². The molecule has 0 radical (unpaired) electrons. The van der Waals surface area contributed by atoms with Gasteiger partial charge in [0.15, 0.2) is 0 Å². The van der Waals surface area contributed by atoms with Crippen molar-refractivity contribution in [3.05, 3.63) is 35.9 Å². The minimum Gasteiger partial charge on any atom is -0.480 e. The third-order valence-electron chi connectivity index (χ3n) is 2.70. The minimum atomic E-state index is -0.983. The van der Waals surface area contributed by atoms with E-state index in [1.807, 2.05) is 18.2 Å². The van der Waals surface area contributed by atoms with Crippen LogP contribution in [0.4, 0.5) is 0 Å². The summed E-state index contributed by atoms with van der Waals surface area (Å²) >= 11 is 1.56. The molecule has 1 amide bonds. The summed E-state index contributed by atoms with van der Waals surface area (Å²) < 4.78 is 0. The van der Waals surface area contributed by atoms with Crippen LogP contribution in [0.3, 0.4) is 0 Å². The summed E-state index contributed by atoms with van der Waals surface area (Å²) in [6, 6.07) is 9.52. The number of aliphatic carboxylic acids is 1. The Kier molecular flexibility index (Phi) is 7.74. The number of rotatable bonds is 10. The summed E-state index contributed by atoms with van der Waals surface area (Å²) in [5.74, 6) is 0.347. The number of unbranched alkanes of at least 4 members (excludes halogenated alkanes) is 1. The van der Waals surface area contributed by atoms with Crippen LogP contribution in [0, 0.1) is 0 Å². The number of carbonyl (C=O) groups is 2. The summed E-state index contributed by atoms with van der Waals surface area (Å²) in [6.07, 6.45) is 3.63. The zero-order chi connectivity index (χ0) is 13.9. The Morgan fingerprint density at radius 1 is 1.32 bits per heavy atom. The van der Waals surface area contributed by atoms with Crippen molar-refractivity contribution in [2.45, 2.75) is 25.3 Å². The zero-order valence-electron chi connectivity index (χ0n) is 10.7. The second-order valence-corrected chi connectivity index (χ2v) is 5.34. The number of aryl methyl sites for hydroxylation is 1. The SMILES string of the molecule is O=CNC(CSCCCCc1ccccc1)C(=O)O. The molecule has 1 unspecified atom stereocenters. The van der Waals surface area contributed by atoms with Gasteiger partial charge < -0.3 is 10.4 Å². The van der Waals surface area contributed by atoms with Gasteiger partial charge in [-0.1, -0.05) is 30.3 Å². The molecule has 1 aromatic carbocycles. The first-order chi connectivity index (χ1) is 9.24. The van der Waals surface area contributed by atoms with Crippen molar-refractivity contribution in [1.29, 1.82) is 0 Å². The van der Waals surface area contributed by atoms with Crippen LogP contribution in [0.15, 0.2) is 30.3 Å². The Hall–Kier alpha value is -1.49. The molecule has 1 aromatic rings. The Labute approximate surface area is 117 Å². The fraction of sp³-hybridized carbons (Fsp3) is 0.429. The van der Waals surface area contributed by atoms with E-state index in [4.69, 9.17) is 5.11 Å². The number of nitrogens with one attached hydrogen (secondary N) is 1. The van der Waals surface area contributed by atoms with Gasteiger partial charge in [-0.2, -0.15) is 11.8 Å². The van der Waals surface area contributed by atoms with Crippen molar-refractivity contribution in [3.63, 3.8) is 0 Å². The molecule has 0 fully saturated rings. The Morgan fingerprint density at radius 2 is 2.05 bits per heavy atom. The molecule has 1 atom stereocenters. The molecule has 4 nitrogen and oxygen atoms in total. The minimum absolute atomic E-state index is 0.416.